The lowest BCUT2D eigenvalue weighted by molar-refractivity contribution is 0.102. The van der Waals surface area contributed by atoms with Crippen molar-refractivity contribution < 1.29 is 9.21 Å². The minimum atomic E-state index is -0.360. The second-order valence-corrected chi connectivity index (χ2v) is 8.58. The van der Waals surface area contributed by atoms with Crippen LogP contribution in [0.25, 0.3) is 11.1 Å². The van der Waals surface area contributed by atoms with Gasteiger partial charge >= 0.3 is 0 Å². The van der Waals surface area contributed by atoms with Crippen molar-refractivity contribution in [2.75, 3.05) is 29.0 Å². The first-order chi connectivity index (χ1) is 14.5. The van der Waals surface area contributed by atoms with Crippen LogP contribution >= 0.6 is 0 Å². The minimum absolute atomic E-state index is 0.0713. The molecule has 0 radical (unpaired) electrons. The Balaban J connectivity index is 1.44. The van der Waals surface area contributed by atoms with Crippen LogP contribution in [0.1, 0.15) is 48.0 Å². The number of hydrogen-bond acceptors (Lipinski definition) is 7. The average Bonchev–Trinajstić information content (AvgIpc) is 3.49. The zero-order valence-corrected chi connectivity index (χ0v) is 17.0. The summed E-state index contributed by atoms with van der Waals surface area (Å²) >= 11 is 0. The topological polar surface area (TPSA) is 123 Å². The summed E-state index contributed by atoms with van der Waals surface area (Å²) in [6.45, 7) is 3.80. The van der Waals surface area contributed by atoms with Crippen molar-refractivity contribution in [2.45, 2.75) is 38.1 Å². The van der Waals surface area contributed by atoms with E-state index in [1.54, 1.807) is 12.4 Å². The van der Waals surface area contributed by atoms with Crippen LogP contribution in [0.4, 0.5) is 17.3 Å². The van der Waals surface area contributed by atoms with Crippen LogP contribution in [-0.2, 0) is 0 Å². The summed E-state index contributed by atoms with van der Waals surface area (Å²) in [4.78, 5) is 24.0. The molecule has 30 heavy (non-hydrogen) atoms. The molecule has 3 aromatic rings. The molecule has 2 unspecified atom stereocenters. The van der Waals surface area contributed by atoms with Gasteiger partial charge in [-0.15, -0.1) is 0 Å². The largest absolute Gasteiger partial charge is 0.438 e. The van der Waals surface area contributed by atoms with E-state index in [0.29, 0.717) is 28.6 Å². The summed E-state index contributed by atoms with van der Waals surface area (Å²) in [6, 6.07) is 3.94. The highest BCUT2D eigenvalue weighted by Gasteiger charge is 2.28. The van der Waals surface area contributed by atoms with Gasteiger partial charge < -0.3 is 26.1 Å². The maximum atomic E-state index is 13.1. The number of anilines is 3. The Morgan fingerprint density at radius 2 is 2.13 bits per heavy atom. The highest BCUT2D eigenvalue weighted by atomic mass is 16.3. The number of nitrogens with two attached hydrogens (primary N) is 2. The molecule has 8 nitrogen and oxygen atoms in total. The standard InChI is InChI=1S/C22H26N6O2/c1-12-6-15(23)11-28(10-12)17-4-5-25-9-16(17)27-22(29)19-20-18(30-21(19)24)7-14(8-26-20)13-2-3-13/h4-5,7-9,12-13,15H,2-3,6,10-11,23-24H2,1H3,(H,27,29). The Morgan fingerprint density at radius 1 is 1.30 bits per heavy atom. The molecule has 4 heterocycles. The smallest absolute Gasteiger partial charge is 0.263 e. The Labute approximate surface area is 174 Å². The normalized spacial score (nSPS) is 21.7. The molecule has 1 saturated heterocycles. The van der Waals surface area contributed by atoms with Crippen molar-refractivity contribution in [3.05, 3.63) is 41.9 Å². The number of carbonyl (C=O) groups is 1. The summed E-state index contributed by atoms with van der Waals surface area (Å²) in [7, 11) is 0. The number of fused-ring (bicyclic) bond motifs is 1. The number of amides is 1. The Kier molecular flexibility index (Phi) is 4.58. The number of aromatic nitrogens is 2. The van der Waals surface area contributed by atoms with Gasteiger partial charge in [0.25, 0.3) is 5.91 Å². The molecule has 2 aliphatic rings. The number of nitrogen functional groups attached to an aromatic ring is 1. The molecule has 1 saturated carbocycles. The molecule has 3 aromatic heterocycles. The summed E-state index contributed by atoms with van der Waals surface area (Å²) < 4.78 is 5.66. The first-order valence-electron chi connectivity index (χ1n) is 10.4. The summed E-state index contributed by atoms with van der Waals surface area (Å²) in [5, 5.41) is 2.96. The molecule has 8 heteroatoms. The van der Waals surface area contributed by atoms with E-state index in [2.05, 4.69) is 27.1 Å². The number of nitrogens with one attached hydrogen (secondary N) is 1. The monoisotopic (exact) mass is 406 g/mol. The number of nitrogens with zero attached hydrogens (tertiary/aromatic N) is 3. The number of piperidine rings is 1. The molecule has 5 rings (SSSR count). The van der Waals surface area contributed by atoms with E-state index in [-0.39, 0.29) is 23.4 Å². The van der Waals surface area contributed by atoms with E-state index in [9.17, 15) is 4.79 Å². The van der Waals surface area contributed by atoms with E-state index in [4.69, 9.17) is 15.9 Å². The molecule has 0 spiro atoms. The lowest BCUT2D eigenvalue weighted by atomic mass is 9.96. The van der Waals surface area contributed by atoms with Gasteiger partial charge in [-0.3, -0.25) is 14.8 Å². The number of pyridine rings is 2. The van der Waals surface area contributed by atoms with E-state index < -0.39 is 0 Å². The number of furan rings is 1. The third kappa shape index (κ3) is 3.47. The van der Waals surface area contributed by atoms with Crippen LogP contribution in [-0.4, -0.2) is 35.0 Å². The molecule has 156 valence electrons. The van der Waals surface area contributed by atoms with Gasteiger partial charge in [-0.05, 0) is 48.8 Å². The van der Waals surface area contributed by atoms with Crippen LogP contribution < -0.4 is 21.7 Å². The van der Waals surface area contributed by atoms with Gasteiger partial charge in [-0.2, -0.15) is 0 Å². The molecule has 0 bridgehead atoms. The molecule has 1 aliphatic heterocycles. The fourth-order valence-electron chi connectivity index (χ4n) is 4.41. The first-order valence-corrected chi connectivity index (χ1v) is 10.4. The van der Waals surface area contributed by atoms with E-state index in [0.717, 1.165) is 30.8 Å². The average molecular weight is 406 g/mol. The molecule has 1 amide bonds. The van der Waals surface area contributed by atoms with Gasteiger partial charge in [-0.1, -0.05) is 6.92 Å². The maximum absolute atomic E-state index is 13.1. The van der Waals surface area contributed by atoms with E-state index in [1.165, 1.54) is 12.8 Å². The zero-order chi connectivity index (χ0) is 20.8. The van der Waals surface area contributed by atoms with Crippen molar-refractivity contribution in [3.63, 3.8) is 0 Å². The second kappa shape index (κ2) is 7.28. The van der Waals surface area contributed by atoms with Crippen LogP contribution in [0.5, 0.6) is 0 Å². The lowest BCUT2D eigenvalue weighted by Crippen LogP contribution is -2.46. The third-order valence-corrected chi connectivity index (χ3v) is 5.93. The van der Waals surface area contributed by atoms with Gasteiger partial charge in [0.1, 0.15) is 11.1 Å². The van der Waals surface area contributed by atoms with E-state index >= 15 is 0 Å². The van der Waals surface area contributed by atoms with Gasteiger partial charge in [0, 0.05) is 31.5 Å². The van der Waals surface area contributed by atoms with Crippen molar-refractivity contribution in [1.29, 1.82) is 0 Å². The molecule has 1 aliphatic carbocycles. The second-order valence-electron chi connectivity index (χ2n) is 8.58. The third-order valence-electron chi connectivity index (χ3n) is 5.93. The Hall–Kier alpha value is -3.13. The van der Waals surface area contributed by atoms with E-state index in [1.807, 2.05) is 18.3 Å². The predicted octanol–water partition coefficient (Wildman–Crippen LogP) is 3.11. The molecule has 5 N–H and O–H groups in total. The summed E-state index contributed by atoms with van der Waals surface area (Å²) in [6.07, 6.45) is 8.51. The van der Waals surface area contributed by atoms with Crippen molar-refractivity contribution in [3.8, 4) is 0 Å². The van der Waals surface area contributed by atoms with Crippen LogP contribution in [0.3, 0.4) is 0 Å². The van der Waals surface area contributed by atoms with Crippen molar-refractivity contribution in [2.24, 2.45) is 11.7 Å². The van der Waals surface area contributed by atoms with Gasteiger partial charge in [-0.25, -0.2) is 0 Å². The SMILES string of the molecule is CC1CC(N)CN(c2ccncc2NC(=O)c2c(N)oc3cc(C4CC4)cnc23)C1. The van der Waals surface area contributed by atoms with Gasteiger partial charge in [0.2, 0.25) is 5.88 Å². The molecule has 0 aromatic carbocycles. The van der Waals surface area contributed by atoms with Gasteiger partial charge in [0.15, 0.2) is 5.58 Å². The summed E-state index contributed by atoms with van der Waals surface area (Å²) in [5.41, 5.74) is 16.2. The van der Waals surface area contributed by atoms with Crippen LogP contribution in [0.15, 0.2) is 35.1 Å². The lowest BCUT2D eigenvalue weighted by Gasteiger charge is -2.37. The molecular weight excluding hydrogens is 380 g/mol. The first kappa shape index (κ1) is 18.9. The minimum Gasteiger partial charge on any atom is -0.438 e. The number of carbonyl (C=O) groups excluding carboxylic acids is 1. The van der Waals surface area contributed by atoms with Crippen molar-refractivity contribution >= 4 is 34.3 Å². The summed E-state index contributed by atoms with van der Waals surface area (Å²) in [5.74, 6) is 0.731. The fourth-order valence-corrected chi connectivity index (χ4v) is 4.41. The molecule has 2 atom stereocenters. The van der Waals surface area contributed by atoms with Crippen LogP contribution in [0.2, 0.25) is 0 Å². The van der Waals surface area contributed by atoms with Crippen molar-refractivity contribution in [1.82, 2.24) is 9.97 Å². The Bertz CT molecular complexity index is 1100. The van der Waals surface area contributed by atoms with Gasteiger partial charge in [0.05, 0.1) is 17.6 Å². The maximum Gasteiger partial charge on any atom is 0.263 e. The predicted molar refractivity (Wildman–Crippen MR) is 117 cm³/mol. The Morgan fingerprint density at radius 3 is 2.90 bits per heavy atom. The fraction of sp³-hybridized carbons (Fsp3) is 0.409. The highest BCUT2D eigenvalue weighted by Crippen LogP contribution is 2.41. The number of rotatable bonds is 4. The highest BCUT2D eigenvalue weighted by molar-refractivity contribution is 6.15. The number of hydrogen-bond donors (Lipinski definition) is 3. The zero-order valence-electron chi connectivity index (χ0n) is 17.0. The quantitative estimate of drug-likeness (QED) is 0.608. The molecule has 2 fully saturated rings. The van der Waals surface area contributed by atoms with Crippen LogP contribution in [0, 0.1) is 5.92 Å². The molecular formula is C22H26N6O2.